The van der Waals surface area contributed by atoms with Crippen LogP contribution in [0.2, 0.25) is 0 Å². The Kier molecular flexibility index (Phi) is 3.37. The van der Waals surface area contributed by atoms with Crippen molar-refractivity contribution in [3.8, 4) is 0 Å². The topological polar surface area (TPSA) is 88.0 Å². The number of aromatic amines is 1. The van der Waals surface area contributed by atoms with Crippen LogP contribution in [0.1, 0.15) is 21.6 Å². The quantitative estimate of drug-likeness (QED) is 0.717. The molecule has 98 valence electrons. The van der Waals surface area contributed by atoms with Gasteiger partial charge in [0, 0.05) is 17.4 Å². The van der Waals surface area contributed by atoms with Crippen molar-refractivity contribution in [2.24, 2.45) is 0 Å². The van der Waals surface area contributed by atoms with Crippen LogP contribution < -0.4 is 16.6 Å². The molecule has 5 nitrogen and oxygen atoms in total. The first-order valence-corrected chi connectivity index (χ1v) is 5.85. The van der Waals surface area contributed by atoms with Gasteiger partial charge in [0.2, 0.25) is 5.56 Å². The van der Waals surface area contributed by atoms with Crippen molar-refractivity contribution in [3.05, 3.63) is 57.5 Å². The Hall–Kier alpha value is -2.56. The van der Waals surface area contributed by atoms with E-state index in [9.17, 15) is 9.59 Å². The molecule has 0 bridgehead atoms. The predicted octanol–water partition coefficient (Wildman–Crippen LogP) is 1.83. The summed E-state index contributed by atoms with van der Waals surface area (Å²) in [5, 5.41) is 2.73. The van der Waals surface area contributed by atoms with Crippen LogP contribution in [0.4, 0.5) is 11.4 Å². The first kappa shape index (κ1) is 12.9. The molecule has 2 aromatic rings. The highest BCUT2D eigenvalue weighted by molar-refractivity contribution is 6.03. The van der Waals surface area contributed by atoms with E-state index in [1.807, 2.05) is 19.9 Å². The number of pyridine rings is 1. The predicted molar refractivity (Wildman–Crippen MR) is 75.3 cm³/mol. The van der Waals surface area contributed by atoms with Crippen molar-refractivity contribution < 1.29 is 4.79 Å². The fourth-order valence-electron chi connectivity index (χ4n) is 1.77. The zero-order chi connectivity index (χ0) is 14.0. The number of H-pyrrole nitrogens is 1. The van der Waals surface area contributed by atoms with E-state index in [2.05, 4.69) is 10.3 Å². The van der Waals surface area contributed by atoms with Gasteiger partial charge in [0.15, 0.2) is 0 Å². The molecule has 2 rings (SSSR count). The average molecular weight is 257 g/mol. The molecular weight excluding hydrogens is 242 g/mol. The Morgan fingerprint density at radius 3 is 2.63 bits per heavy atom. The number of aromatic nitrogens is 1. The third-order valence-electron chi connectivity index (χ3n) is 2.87. The summed E-state index contributed by atoms with van der Waals surface area (Å²) >= 11 is 0. The smallest absolute Gasteiger partial charge is 0.272 e. The summed E-state index contributed by atoms with van der Waals surface area (Å²) in [6.07, 6.45) is 0. The summed E-state index contributed by atoms with van der Waals surface area (Å²) in [7, 11) is 0. The molecule has 0 aliphatic heterocycles. The lowest BCUT2D eigenvalue weighted by atomic mass is 10.1. The van der Waals surface area contributed by atoms with Crippen LogP contribution in [0.3, 0.4) is 0 Å². The Labute approximate surface area is 110 Å². The van der Waals surface area contributed by atoms with Gasteiger partial charge in [-0.25, -0.2) is 0 Å². The molecule has 4 N–H and O–H groups in total. The van der Waals surface area contributed by atoms with Crippen molar-refractivity contribution in [2.75, 3.05) is 11.1 Å². The number of nitrogens with one attached hydrogen (secondary N) is 2. The van der Waals surface area contributed by atoms with Crippen LogP contribution >= 0.6 is 0 Å². The van der Waals surface area contributed by atoms with Crippen LogP contribution in [0.15, 0.2) is 35.1 Å². The SMILES string of the molecule is Cc1cc(C)c(NC(=O)c2cccc(=O)[nH]2)cc1N. The van der Waals surface area contributed by atoms with E-state index in [4.69, 9.17) is 5.73 Å². The fraction of sp³-hybridized carbons (Fsp3) is 0.143. The zero-order valence-corrected chi connectivity index (χ0v) is 10.8. The number of nitrogen functional groups attached to an aromatic ring is 1. The lowest BCUT2D eigenvalue weighted by Gasteiger charge is -2.11. The maximum atomic E-state index is 12.0. The molecule has 5 heteroatoms. The minimum Gasteiger partial charge on any atom is -0.398 e. The molecule has 0 aliphatic rings. The molecule has 1 heterocycles. The minimum absolute atomic E-state index is 0.214. The Bertz CT molecular complexity index is 689. The lowest BCUT2D eigenvalue weighted by molar-refractivity contribution is 0.102. The molecule has 0 radical (unpaired) electrons. The Morgan fingerprint density at radius 1 is 1.21 bits per heavy atom. The molecule has 0 fully saturated rings. The van der Waals surface area contributed by atoms with E-state index < -0.39 is 0 Å². The van der Waals surface area contributed by atoms with E-state index in [0.29, 0.717) is 11.4 Å². The van der Waals surface area contributed by atoms with E-state index >= 15 is 0 Å². The maximum Gasteiger partial charge on any atom is 0.272 e. The minimum atomic E-state index is -0.371. The molecule has 1 aromatic heterocycles. The van der Waals surface area contributed by atoms with E-state index in [-0.39, 0.29) is 17.2 Å². The second-order valence-corrected chi connectivity index (χ2v) is 4.41. The number of anilines is 2. The fourth-order valence-corrected chi connectivity index (χ4v) is 1.77. The van der Waals surface area contributed by atoms with Gasteiger partial charge in [0.25, 0.3) is 5.91 Å². The first-order chi connectivity index (χ1) is 8.97. The second kappa shape index (κ2) is 4.97. The van der Waals surface area contributed by atoms with Crippen LogP contribution in [-0.2, 0) is 0 Å². The van der Waals surface area contributed by atoms with Gasteiger partial charge in [0.1, 0.15) is 5.69 Å². The molecule has 19 heavy (non-hydrogen) atoms. The van der Waals surface area contributed by atoms with Gasteiger partial charge < -0.3 is 16.0 Å². The second-order valence-electron chi connectivity index (χ2n) is 4.41. The summed E-state index contributed by atoms with van der Waals surface area (Å²) < 4.78 is 0. The number of rotatable bonds is 2. The van der Waals surface area contributed by atoms with Gasteiger partial charge in [-0.05, 0) is 37.1 Å². The summed E-state index contributed by atoms with van der Waals surface area (Å²) in [6, 6.07) is 8.04. The summed E-state index contributed by atoms with van der Waals surface area (Å²) in [5.74, 6) is -0.371. The molecule has 1 amide bonds. The number of hydrogen-bond donors (Lipinski definition) is 3. The van der Waals surface area contributed by atoms with Crippen LogP contribution in [-0.4, -0.2) is 10.9 Å². The van der Waals surface area contributed by atoms with Gasteiger partial charge >= 0.3 is 0 Å². The number of benzene rings is 1. The highest BCUT2D eigenvalue weighted by atomic mass is 16.2. The van der Waals surface area contributed by atoms with Crippen molar-refractivity contribution in [1.82, 2.24) is 4.98 Å². The highest BCUT2D eigenvalue weighted by Gasteiger charge is 2.09. The molecular formula is C14H15N3O2. The zero-order valence-electron chi connectivity index (χ0n) is 10.8. The Balaban J connectivity index is 2.29. The lowest BCUT2D eigenvalue weighted by Crippen LogP contribution is -2.18. The van der Waals surface area contributed by atoms with E-state index in [1.165, 1.54) is 12.1 Å². The standard InChI is InChI=1S/C14H15N3O2/c1-8-6-9(2)12(7-10(8)15)17-14(19)11-4-3-5-13(18)16-11/h3-7H,15H2,1-2H3,(H,16,18)(H,17,19). The average Bonchev–Trinajstić information content (AvgIpc) is 2.36. The van der Waals surface area contributed by atoms with Gasteiger partial charge in [-0.2, -0.15) is 0 Å². The van der Waals surface area contributed by atoms with E-state index in [1.54, 1.807) is 12.1 Å². The number of amides is 1. The number of hydrogen-bond acceptors (Lipinski definition) is 3. The molecule has 0 aliphatic carbocycles. The van der Waals surface area contributed by atoms with E-state index in [0.717, 1.165) is 11.1 Å². The molecule has 0 unspecified atom stereocenters. The highest BCUT2D eigenvalue weighted by Crippen LogP contribution is 2.22. The largest absolute Gasteiger partial charge is 0.398 e. The summed E-state index contributed by atoms with van der Waals surface area (Å²) in [6.45, 7) is 3.79. The third kappa shape index (κ3) is 2.82. The molecule has 1 aromatic carbocycles. The monoisotopic (exact) mass is 257 g/mol. The molecule has 0 spiro atoms. The van der Waals surface area contributed by atoms with Gasteiger partial charge in [-0.3, -0.25) is 9.59 Å². The van der Waals surface area contributed by atoms with Crippen molar-refractivity contribution >= 4 is 17.3 Å². The van der Waals surface area contributed by atoms with Gasteiger partial charge in [-0.1, -0.05) is 12.1 Å². The maximum absolute atomic E-state index is 12.0. The number of carbonyl (C=O) groups is 1. The van der Waals surface area contributed by atoms with Crippen molar-refractivity contribution in [2.45, 2.75) is 13.8 Å². The van der Waals surface area contributed by atoms with Crippen LogP contribution in [0.5, 0.6) is 0 Å². The molecule has 0 saturated carbocycles. The first-order valence-electron chi connectivity index (χ1n) is 5.85. The molecule has 0 saturated heterocycles. The third-order valence-corrected chi connectivity index (χ3v) is 2.87. The van der Waals surface area contributed by atoms with Crippen molar-refractivity contribution in [1.29, 1.82) is 0 Å². The van der Waals surface area contributed by atoms with Crippen molar-refractivity contribution in [3.63, 3.8) is 0 Å². The van der Waals surface area contributed by atoms with Crippen LogP contribution in [0.25, 0.3) is 0 Å². The number of nitrogens with two attached hydrogens (primary N) is 1. The van der Waals surface area contributed by atoms with Gasteiger partial charge in [-0.15, -0.1) is 0 Å². The number of carbonyl (C=O) groups excluding carboxylic acids is 1. The van der Waals surface area contributed by atoms with Gasteiger partial charge in [0.05, 0.1) is 0 Å². The normalized spacial score (nSPS) is 10.2. The Morgan fingerprint density at radius 2 is 1.95 bits per heavy atom. The number of aryl methyl sites for hydroxylation is 2. The van der Waals surface area contributed by atoms with Crippen LogP contribution in [0, 0.1) is 13.8 Å². The summed E-state index contributed by atoms with van der Waals surface area (Å²) in [5.41, 5.74) is 8.85. The summed E-state index contributed by atoms with van der Waals surface area (Å²) in [4.78, 5) is 25.6. The molecule has 0 atom stereocenters.